The van der Waals surface area contributed by atoms with Crippen LogP contribution in [0.5, 0.6) is 0 Å². The third-order valence-electron chi connectivity index (χ3n) is 9.86. The van der Waals surface area contributed by atoms with Crippen LogP contribution in [0.25, 0.3) is 22.2 Å². The molecule has 5 aromatic rings. The number of amides is 1. The van der Waals surface area contributed by atoms with Crippen LogP contribution >= 0.6 is 11.6 Å². The largest absolute Gasteiger partial charge is 0.478 e. The molecule has 2 N–H and O–H groups in total. The summed E-state index contributed by atoms with van der Waals surface area (Å²) in [6, 6.07) is 8.24. The first kappa shape index (κ1) is 38.5. The van der Waals surface area contributed by atoms with Gasteiger partial charge in [0.25, 0.3) is 12.3 Å². The molecule has 290 valence electrons. The van der Waals surface area contributed by atoms with Crippen LogP contribution in [0.15, 0.2) is 48.7 Å². The maximum Gasteiger partial charge on any atom is 0.337 e. The molecule has 0 aliphatic heterocycles. The van der Waals surface area contributed by atoms with Gasteiger partial charge >= 0.3 is 5.97 Å². The van der Waals surface area contributed by atoms with Gasteiger partial charge < -0.3 is 15.2 Å². The normalized spacial score (nSPS) is 17.7. The Bertz CT molecular complexity index is 2310. The summed E-state index contributed by atoms with van der Waals surface area (Å²) in [4.78, 5) is 30.7. The maximum atomic E-state index is 15.3. The number of nitrogens with zero attached hydrogens (tertiary/aromatic N) is 5. The zero-order valence-electron chi connectivity index (χ0n) is 29.7. The first-order valence-electron chi connectivity index (χ1n) is 17.4. The van der Waals surface area contributed by atoms with Crippen molar-refractivity contribution in [3.63, 3.8) is 0 Å². The summed E-state index contributed by atoms with van der Waals surface area (Å²) < 4.78 is 95.6. The molecule has 55 heavy (non-hydrogen) atoms. The maximum absolute atomic E-state index is 15.3. The van der Waals surface area contributed by atoms with Crippen molar-refractivity contribution in [2.24, 2.45) is 5.92 Å². The fourth-order valence-electron chi connectivity index (χ4n) is 7.14. The van der Waals surface area contributed by atoms with Crippen LogP contribution in [-0.2, 0) is 35.2 Å². The van der Waals surface area contributed by atoms with E-state index in [1.54, 1.807) is 10.7 Å². The first-order chi connectivity index (χ1) is 25.9. The molecule has 18 heteroatoms. The lowest BCUT2D eigenvalue weighted by Gasteiger charge is -2.23. The summed E-state index contributed by atoms with van der Waals surface area (Å²) in [7, 11) is -1.40. The predicted octanol–water partition coefficient (Wildman–Crippen LogP) is 8.48. The number of aromatic nitrogens is 5. The Morgan fingerprint density at radius 3 is 2.47 bits per heavy atom. The standard InChI is InChI=1S/C37H35ClF6N6O4Si/c1-55(2,3)7-6-54-17-50-29-14-22(19-4-5-26(38)24(11-19)36(52)53)32(47-28(29)15-45-50)27(10-18-8-20(39)12-21(40)9-18)46-30(51)16-49-34-31(33(48-49)35(41)42)23-13-25(23)37(34,43)44/h4-5,8-9,11-12,14-15,23,25,27,35H,6-7,10,13,16-17H2,1-3H3,(H,46,51)(H,52,53)/t23-,25+,27?/m0/s1. The van der Waals surface area contributed by atoms with Crippen molar-refractivity contribution in [2.75, 3.05) is 6.61 Å². The Kier molecular flexibility index (Phi) is 10.1. The van der Waals surface area contributed by atoms with Crippen molar-refractivity contribution in [3.05, 3.63) is 99.1 Å². The number of carbonyl (C=O) groups excluding carboxylic acids is 1. The molecule has 1 fully saturated rings. The molecule has 7 rings (SSSR count). The van der Waals surface area contributed by atoms with Gasteiger partial charge in [0.15, 0.2) is 0 Å². The fourth-order valence-corrected chi connectivity index (χ4v) is 8.10. The van der Waals surface area contributed by atoms with Gasteiger partial charge in [-0.3, -0.25) is 9.48 Å². The molecule has 10 nitrogen and oxygen atoms in total. The number of carbonyl (C=O) groups is 2. The molecule has 0 bridgehead atoms. The Labute approximate surface area is 316 Å². The fraction of sp³-hybridized carbons (Fsp3) is 0.378. The lowest BCUT2D eigenvalue weighted by Crippen LogP contribution is -2.35. The summed E-state index contributed by atoms with van der Waals surface area (Å²) in [5.74, 6) is -9.48. The number of benzene rings is 2. The van der Waals surface area contributed by atoms with E-state index in [4.69, 9.17) is 21.3 Å². The summed E-state index contributed by atoms with van der Waals surface area (Å²) in [5, 5.41) is 20.7. The smallest absolute Gasteiger partial charge is 0.337 e. The number of hydrogen-bond donors (Lipinski definition) is 2. The Hall–Kier alpha value is -4.74. The Balaban J connectivity index is 1.31. The average molecular weight is 805 g/mol. The second kappa shape index (κ2) is 14.4. The van der Waals surface area contributed by atoms with Gasteiger partial charge in [-0.2, -0.15) is 19.0 Å². The van der Waals surface area contributed by atoms with Gasteiger partial charge in [0.2, 0.25) is 5.91 Å². The van der Waals surface area contributed by atoms with Crippen molar-refractivity contribution >= 4 is 42.6 Å². The molecule has 1 amide bonds. The molecule has 0 spiro atoms. The Morgan fingerprint density at radius 2 is 1.80 bits per heavy atom. The predicted molar refractivity (Wildman–Crippen MR) is 192 cm³/mol. The van der Waals surface area contributed by atoms with Gasteiger partial charge in [-0.1, -0.05) is 37.3 Å². The number of halogens is 7. The topological polar surface area (TPSA) is 124 Å². The van der Waals surface area contributed by atoms with Crippen molar-refractivity contribution in [1.82, 2.24) is 29.9 Å². The van der Waals surface area contributed by atoms with Crippen LogP contribution in [0.1, 0.15) is 63.4 Å². The number of alkyl halides is 4. The molecule has 2 aliphatic rings. The highest BCUT2D eigenvalue weighted by Crippen LogP contribution is 2.68. The Morgan fingerprint density at radius 1 is 1.07 bits per heavy atom. The van der Waals surface area contributed by atoms with Gasteiger partial charge in [-0.05, 0) is 66.3 Å². The SMILES string of the molecule is C[Si](C)(C)CCOCn1ncc2nc(C(Cc3cc(F)cc(F)c3)NC(=O)Cn3nc(C(F)F)c4c3C(F)(F)[C@@H]3C[C@H]43)c(-c3ccc(Cl)c(C(=O)O)c3)cc21. The lowest BCUT2D eigenvalue weighted by molar-refractivity contribution is -0.123. The van der Waals surface area contributed by atoms with E-state index in [1.165, 1.54) is 24.4 Å². The molecule has 0 saturated heterocycles. The summed E-state index contributed by atoms with van der Waals surface area (Å²) in [5.41, 5.74) is -0.511. The summed E-state index contributed by atoms with van der Waals surface area (Å²) in [6.07, 6.45) is -1.96. The van der Waals surface area contributed by atoms with Gasteiger partial charge in [0, 0.05) is 37.8 Å². The lowest BCUT2D eigenvalue weighted by atomic mass is 9.94. The molecule has 3 aromatic heterocycles. The number of carboxylic acid groups (broad SMARTS) is 1. The zero-order chi connectivity index (χ0) is 39.6. The highest BCUT2D eigenvalue weighted by Gasteiger charge is 2.67. The quantitative estimate of drug-likeness (QED) is 0.0656. The molecule has 1 saturated carbocycles. The van der Waals surface area contributed by atoms with Gasteiger partial charge in [0.1, 0.15) is 41.8 Å². The van der Waals surface area contributed by atoms with Gasteiger partial charge in [-0.15, -0.1) is 0 Å². The molecule has 2 aliphatic carbocycles. The number of aromatic carboxylic acids is 1. The number of carboxylic acids is 1. The minimum atomic E-state index is -3.48. The van der Waals surface area contributed by atoms with E-state index in [-0.39, 0.29) is 58.1 Å². The second-order valence-corrected chi connectivity index (χ2v) is 21.1. The number of fused-ring (bicyclic) bond motifs is 4. The van der Waals surface area contributed by atoms with E-state index >= 15 is 8.78 Å². The molecular weight excluding hydrogens is 770 g/mol. The first-order valence-corrected chi connectivity index (χ1v) is 21.5. The van der Waals surface area contributed by atoms with Crippen LogP contribution in [0.4, 0.5) is 26.3 Å². The number of rotatable bonds is 14. The van der Waals surface area contributed by atoms with Gasteiger partial charge in [-0.25, -0.2) is 32.0 Å². The van der Waals surface area contributed by atoms with Crippen LogP contribution in [0, 0.1) is 17.6 Å². The van der Waals surface area contributed by atoms with E-state index in [1.807, 2.05) is 0 Å². The molecular formula is C37H35ClF6N6O4Si. The second-order valence-electron chi connectivity index (χ2n) is 15.1. The molecule has 3 atom stereocenters. The molecule has 3 heterocycles. The van der Waals surface area contributed by atoms with Crippen LogP contribution in [0.2, 0.25) is 30.7 Å². The van der Waals surface area contributed by atoms with Crippen LogP contribution < -0.4 is 5.32 Å². The minimum Gasteiger partial charge on any atom is -0.478 e. The average Bonchev–Trinajstić information content (AvgIpc) is 3.57. The third-order valence-corrected chi connectivity index (χ3v) is 11.9. The summed E-state index contributed by atoms with van der Waals surface area (Å²) in [6.45, 7) is 6.29. The molecule has 0 radical (unpaired) electrons. The van der Waals surface area contributed by atoms with Crippen molar-refractivity contribution < 1.29 is 45.8 Å². The number of ether oxygens (including phenoxy) is 1. The van der Waals surface area contributed by atoms with Crippen LogP contribution in [0.3, 0.4) is 0 Å². The van der Waals surface area contributed by atoms with E-state index in [0.717, 1.165) is 18.2 Å². The highest BCUT2D eigenvalue weighted by molar-refractivity contribution is 6.76. The van der Waals surface area contributed by atoms with Crippen LogP contribution in [-0.4, -0.2) is 56.2 Å². The van der Waals surface area contributed by atoms with Crippen molar-refractivity contribution in [3.8, 4) is 11.1 Å². The van der Waals surface area contributed by atoms with E-state index < -0.39 is 79.7 Å². The summed E-state index contributed by atoms with van der Waals surface area (Å²) >= 11 is 6.20. The van der Waals surface area contributed by atoms with Crippen molar-refractivity contribution in [1.29, 1.82) is 0 Å². The third kappa shape index (κ3) is 7.73. The van der Waals surface area contributed by atoms with Gasteiger partial charge in [0.05, 0.1) is 34.0 Å². The van der Waals surface area contributed by atoms with E-state index in [2.05, 4.69) is 35.2 Å². The highest BCUT2D eigenvalue weighted by atomic mass is 35.5. The van der Waals surface area contributed by atoms with Crippen molar-refractivity contribution in [2.45, 2.75) is 76.1 Å². The number of pyridine rings is 1. The minimum absolute atomic E-state index is 0.0380. The van der Waals surface area contributed by atoms with E-state index in [9.17, 15) is 32.3 Å². The van der Waals surface area contributed by atoms with E-state index in [0.29, 0.717) is 28.4 Å². The monoisotopic (exact) mass is 804 g/mol. The zero-order valence-corrected chi connectivity index (χ0v) is 31.5. The molecule has 2 aromatic carbocycles. The molecule has 1 unspecified atom stereocenters. The number of hydrogen-bond acceptors (Lipinski definition) is 6. The number of nitrogens with one attached hydrogen (secondary N) is 1.